The van der Waals surface area contributed by atoms with E-state index in [0.29, 0.717) is 11.4 Å². The summed E-state index contributed by atoms with van der Waals surface area (Å²) in [4.78, 5) is 8.48. The number of nitrogens with two attached hydrogens (primary N) is 1. The van der Waals surface area contributed by atoms with E-state index in [1.54, 1.807) is 30.3 Å². The summed E-state index contributed by atoms with van der Waals surface area (Å²) in [6.45, 7) is 1.80. The smallest absolute Gasteiger partial charge is 0.322 e. The van der Waals surface area contributed by atoms with Crippen LogP contribution in [0.5, 0.6) is 11.8 Å². The lowest BCUT2D eigenvalue weighted by molar-refractivity contribution is 0.281. The van der Waals surface area contributed by atoms with Crippen LogP contribution in [0.1, 0.15) is 17.0 Å². The van der Waals surface area contributed by atoms with E-state index in [4.69, 9.17) is 27.8 Å². The first kappa shape index (κ1) is 13.4. The van der Waals surface area contributed by atoms with E-state index in [2.05, 4.69) is 9.97 Å². The first-order valence-corrected chi connectivity index (χ1v) is 6.02. The largest absolute Gasteiger partial charge is 0.424 e. The summed E-state index contributed by atoms with van der Waals surface area (Å²) >= 11 is 4.88. The molecule has 0 fully saturated rings. The van der Waals surface area contributed by atoms with Gasteiger partial charge in [-0.2, -0.15) is 4.98 Å². The molecule has 0 atom stereocenters. The van der Waals surface area contributed by atoms with Gasteiger partial charge in [-0.25, -0.2) is 4.98 Å². The number of ether oxygens (including phenoxy) is 1. The molecular weight excluding hydrogens is 262 g/mol. The first-order chi connectivity index (χ1) is 9.08. The van der Waals surface area contributed by atoms with Crippen molar-refractivity contribution in [1.29, 1.82) is 0 Å². The molecule has 2 aromatic rings. The molecule has 0 aliphatic heterocycles. The molecule has 19 heavy (non-hydrogen) atoms. The molecule has 3 N–H and O–H groups in total. The third-order valence-corrected chi connectivity index (χ3v) is 2.61. The lowest BCUT2D eigenvalue weighted by atomic mass is 10.2. The zero-order valence-corrected chi connectivity index (χ0v) is 11.1. The molecule has 2 rings (SSSR count). The van der Waals surface area contributed by atoms with Gasteiger partial charge in [0.05, 0.1) is 6.61 Å². The van der Waals surface area contributed by atoms with Crippen LogP contribution < -0.4 is 10.5 Å². The number of thiocarbonyl (C=S) groups is 1. The summed E-state index contributed by atoms with van der Waals surface area (Å²) < 4.78 is 5.53. The van der Waals surface area contributed by atoms with E-state index >= 15 is 0 Å². The van der Waals surface area contributed by atoms with Crippen molar-refractivity contribution in [3.05, 3.63) is 47.3 Å². The number of aliphatic hydroxyl groups is 1. The summed E-state index contributed by atoms with van der Waals surface area (Å²) in [5.41, 5.74) is 7.55. The Balaban J connectivity index is 2.24. The average Bonchev–Trinajstić information content (AvgIpc) is 2.39. The van der Waals surface area contributed by atoms with E-state index in [9.17, 15) is 0 Å². The number of benzene rings is 1. The predicted octanol–water partition coefficient (Wildman–Crippen LogP) is 1.70. The van der Waals surface area contributed by atoms with Gasteiger partial charge in [-0.15, -0.1) is 0 Å². The molecule has 0 amide bonds. The van der Waals surface area contributed by atoms with Gasteiger partial charge in [0.1, 0.15) is 16.4 Å². The molecule has 0 unspecified atom stereocenters. The fourth-order valence-corrected chi connectivity index (χ4v) is 1.59. The Hall–Kier alpha value is -2.05. The first-order valence-electron chi connectivity index (χ1n) is 5.61. The van der Waals surface area contributed by atoms with Crippen LogP contribution in [0.4, 0.5) is 0 Å². The maximum atomic E-state index is 8.96. The van der Waals surface area contributed by atoms with Gasteiger partial charge in [0.25, 0.3) is 0 Å². The normalized spacial score (nSPS) is 10.2. The molecule has 0 bridgehead atoms. The highest BCUT2D eigenvalue weighted by atomic mass is 32.1. The quantitative estimate of drug-likeness (QED) is 0.827. The molecule has 1 heterocycles. The Morgan fingerprint density at radius 2 is 2.00 bits per heavy atom. The maximum Gasteiger partial charge on any atom is 0.322 e. The van der Waals surface area contributed by atoms with Gasteiger partial charge in [0.2, 0.25) is 0 Å². The minimum atomic E-state index is -0.00713. The number of aryl methyl sites for hydroxylation is 1. The van der Waals surface area contributed by atoms with Crippen LogP contribution in [0.2, 0.25) is 0 Å². The SMILES string of the molecule is Cc1cc(C(N)=S)nc(Oc2ccc(CO)cc2)n1. The molecule has 0 spiro atoms. The number of aliphatic hydroxyl groups excluding tert-OH is 1. The van der Waals surface area contributed by atoms with Gasteiger partial charge in [0, 0.05) is 5.69 Å². The zero-order chi connectivity index (χ0) is 13.8. The lowest BCUT2D eigenvalue weighted by Gasteiger charge is -2.07. The second-order valence-electron chi connectivity index (χ2n) is 3.95. The van der Waals surface area contributed by atoms with Crippen LogP contribution in [-0.2, 0) is 6.61 Å². The van der Waals surface area contributed by atoms with E-state index < -0.39 is 0 Å². The summed E-state index contributed by atoms with van der Waals surface area (Å²) in [6, 6.07) is 8.89. The molecular formula is C13H13N3O2S. The Kier molecular flexibility index (Phi) is 4.03. The van der Waals surface area contributed by atoms with Crippen molar-refractivity contribution >= 4 is 17.2 Å². The van der Waals surface area contributed by atoms with Crippen LogP contribution in [-0.4, -0.2) is 20.1 Å². The third-order valence-electron chi connectivity index (χ3n) is 2.40. The van der Waals surface area contributed by atoms with Gasteiger partial charge in [0.15, 0.2) is 0 Å². The van der Waals surface area contributed by atoms with E-state index in [1.165, 1.54) is 0 Å². The van der Waals surface area contributed by atoms with Crippen LogP contribution >= 0.6 is 12.2 Å². The number of hydrogen-bond acceptors (Lipinski definition) is 5. The second kappa shape index (κ2) is 5.73. The molecule has 5 nitrogen and oxygen atoms in total. The molecule has 0 aliphatic rings. The minimum Gasteiger partial charge on any atom is -0.424 e. The van der Waals surface area contributed by atoms with Gasteiger partial charge in [-0.3, -0.25) is 0 Å². The molecule has 0 aliphatic carbocycles. The number of hydrogen-bond donors (Lipinski definition) is 2. The summed E-state index contributed by atoms with van der Waals surface area (Å²) in [5.74, 6) is 0.580. The highest BCUT2D eigenvalue weighted by Crippen LogP contribution is 2.19. The van der Waals surface area contributed by atoms with E-state index in [1.807, 2.05) is 6.92 Å². The Labute approximate surface area is 116 Å². The van der Waals surface area contributed by atoms with E-state index in [-0.39, 0.29) is 17.6 Å². The third kappa shape index (κ3) is 3.46. The van der Waals surface area contributed by atoms with Crippen molar-refractivity contribution in [1.82, 2.24) is 9.97 Å². The van der Waals surface area contributed by atoms with Crippen molar-refractivity contribution in [3.8, 4) is 11.8 Å². The zero-order valence-electron chi connectivity index (χ0n) is 10.3. The van der Waals surface area contributed by atoms with Crippen molar-refractivity contribution in [2.45, 2.75) is 13.5 Å². The molecule has 1 aromatic carbocycles. The van der Waals surface area contributed by atoms with Crippen molar-refractivity contribution < 1.29 is 9.84 Å². The molecule has 6 heteroatoms. The summed E-state index contributed by atoms with van der Waals surface area (Å²) in [7, 11) is 0. The number of rotatable bonds is 4. The predicted molar refractivity (Wildman–Crippen MR) is 75.1 cm³/mol. The Morgan fingerprint density at radius 3 is 2.58 bits per heavy atom. The van der Waals surface area contributed by atoms with Gasteiger partial charge >= 0.3 is 6.01 Å². The van der Waals surface area contributed by atoms with Gasteiger partial charge in [-0.1, -0.05) is 24.4 Å². The van der Waals surface area contributed by atoms with Crippen LogP contribution in [0.25, 0.3) is 0 Å². The van der Waals surface area contributed by atoms with Crippen LogP contribution in [0.15, 0.2) is 30.3 Å². The van der Waals surface area contributed by atoms with Crippen LogP contribution in [0, 0.1) is 6.92 Å². The van der Waals surface area contributed by atoms with Gasteiger partial charge in [-0.05, 0) is 30.7 Å². The fourth-order valence-electron chi connectivity index (χ4n) is 1.48. The Bertz CT molecular complexity index is 599. The standard InChI is InChI=1S/C13H13N3O2S/c1-8-6-11(12(14)19)16-13(15-8)18-10-4-2-9(7-17)3-5-10/h2-6,17H,7H2,1H3,(H2,14,19). The van der Waals surface area contributed by atoms with Gasteiger partial charge < -0.3 is 15.6 Å². The maximum absolute atomic E-state index is 8.96. The second-order valence-corrected chi connectivity index (χ2v) is 4.39. The molecule has 0 radical (unpaired) electrons. The highest BCUT2D eigenvalue weighted by Gasteiger charge is 2.06. The highest BCUT2D eigenvalue weighted by molar-refractivity contribution is 7.80. The minimum absolute atomic E-state index is 0.00713. The van der Waals surface area contributed by atoms with Crippen molar-refractivity contribution in [2.24, 2.45) is 5.73 Å². The number of aromatic nitrogens is 2. The topological polar surface area (TPSA) is 81.3 Å². The summed E-state index contributed by atoms with van der Waals surface area (Å²) in [5, 5.41) is 8.96. The summed E-state index contributed by atoms with van der Waals surface area (Å²) in [6.07, 6.45) is 0. The molecule has 1 aromatic heterocycles. The lowest BCUT2D eigenvalue weighted by Crippen LogP contribution is -2.13. The Morgan fingerprint density at radius 1 is 1.32 bits per heavy atom. The van der Waals surface area contributed by atoms with E-state index in [0.717, 1.165) is 11.3 Å². The van der Waals surface area contributed by atoms with Crippen molar-refractivity contribution in [2.75, 3.05) is 0 Å². The average molecular weight is 275 g/mol. The molecule has 0 saturated carbocycles. The van der Waals surface area contributed by atoms with Crippen LogP contribution in [0.3, 0.4) is 0 Å². The van der Waals surface area contributed by atoms with Crippen molar-refractivity contribution in [3.63, 3.8) is 0 Å². The number of nitrogens with zero attached hydrogens (tertiary/aromatic N) is 2. The monoisotopic (exact) mass is 275 g/mol. The molecule has 98 valence electrons. The fraction of sp³-hybridized carbons (Fsp3) is 0.154. The molecule has 0 saturated heterocycles.